The van der Waals surface area contributed by atoms with Gasteiger partial charge in [-0.1, -0.05) is 0 Å². The number of aromatic nitrogens is 2. The maximum absolute atomic E-state index is 11.0. The summed E-state index contributed by atoms with van der Waals surface area (Å²) in [5.41, 5.74) is 5.20. The van der Waals surface area contributed by atoms with Gasteiger partial charge in [0.15, 0.2) is 0 Å². The predicted octanol–water partition coefficient (Wildman–Crippen LogP) is 1.82. The van der Waals surface area contributed by atoms with Crippen LogP contribution in [0.2, 0.25) is 0 Å². The van der Waals surface area contributed by atoms with Gasteiger partial charge in [-0.05, 0) is 30.0 Å². The van der Waals surface area contributed by atoms with Crippen molar-refractivity contribution in [2.45, 2.75) is 10.1 Å². The molecule has 0 bridgehead atoms. The molecule has 0 radical (unpaired) electrons. The smallest absolute Gasteiger partial charge is 0.338 e. The number of carboxylic acid groups (broad SMARTS) is 1. The molecule has 0 fully saturated rings. The molecule has 9 heteroatoms. The zero-order valence-corrected chi connectivity index (χ0v) is 10.7. The zero-order chi connectivity index (χ0) is 14.7. The molecule has 0 aliphatic rings. The summed E-state index contributed by atoms with van der Waals surface area (Å²) in [5, 5.41) is 20.2. The van der Waals surface area contributed by atoms with Gasteiger partial charge in [0.2, 0.25) is 5.82 Å². The van der Waals surface area contributed by atoms with Crippen molar-refractivity contribution in [2.75, 3.05) is 5.73 Å². The van der Waals surface area contributed by atoms with Crippen molar-refractivity contribution in [2.24, 2.45) is 0 Å². The van der Waals surface area contributed by atoms with E-state index in [0.717, 1.165) is 11.8 Å². The van der Waals surface area contributed by atoms with E-state index in [9.17, 15) is 14.9 Å². The molecule has 0 aromatic carbocycles. The summed E-state index contributed by atoms with van der Waals surface area (Å²) >= 11 is 0.971. The van der Waals surface area contributed by atoms with Crippen LogP contribution >= 0.6 is 11.8 Å². The van der Waals surface area contributed by atoms with Gasteiger partial charge in [-0.25, -0.2) is 14.8 Å². The van der Waals surface area contributed by atoms with Gasteiger partial charge in [-0.2, -0.15) is 0 Å². The number of pyridine rings is 2. The van der Waals surface area contributed by atoms with E-state index in [2.05, 4.69) is 9.97 Å². The number of anilines is 1. The van der Waals surface area contributed by atoms with Gasteiger partial charge in [0, 0.05) is 12.3 Å². The SMILES string of the molecule is Nc1nc(Sc2ncccc2C(=O)O)ccc1[N+](=O)[O-]. The lowest BCUT2D eigenvalue weighted by Gasteiger charge is -2.04. The fraction of sp³-hybridized carbons (Fsp3) is 0. The Kier molecular flexibility index (Phi) is 3.80. The fourth-order valence-electron chi connectivity index (χ4n) is 1.39. The van der Waals surface area contributed by atoms with E-state index >= 15 is 0 Å². The Labute approximate surface area is 116 Å². The number of nitrogens with zero attached hydrogens (tertiary/aromatic N) is 3. The molecule has 20 heavy (non-hydrogen) atoms. The van der Waals surface area contributed by atoms with Crippen LogP contribution in [0.4, 0.5) is 11.5 Å². The Balaban J connectivity index is 2.34. The summed E-state index contributed by atoms with van der Waals surface area (Å²) in [5.74, 6) is -1.34. The first-order valence-electron chi connectivity index (χ1n) is 5.26. The quantitative estimate of drug-likeness (QED) is 0.644. The molecule has 2 heterocycles. The lowest BCUT2D eigenvalue weighted by molar-refractivity contribution is -0.384. The molecule has 102 valence electrons. The van der Waals surface area contributed by atoms with Crippen LogP contribution in [-0.4, -0.2) is 26.0 Å². The normalized spacial score (nSPS) is 10.2. The van der Waals surface area contributed by atoms with Crippen molar-refractivity contribution < 1.29 is 14.8 Å². The minimum atomic E-state index is -1.12. The second kappa shape index (κ2) is 5.53. The average Bonchev–Trinajstić information content (AvgIpc) is 2.38. The number of rotatable bonds is 4. The third-order valence-corrected chi connectivity index (χ3v) is 3.23. The molecule has 0 aliphatic carbocycles. The van der Waals surface area contributed by atoms with Gasteiger partial charge < -0.3 is 10.8 Å². The van der Waals surface area contributed by atoms with Crippen LogP contribution in [0.25, 0.3) is 0 Å². The van der Waals surface area contributed by atoms with Crippen LogP contribution in [-0.2, 0) is 0 Å². The van der Waals surface area contributed by atoms with E-state index in [0.29, 0.717) is 5.03 Å². The first-order chi connectivity index (χ1) is 9.49. The fourth-order valence-corrected chi connectivity index (χ4v) is 2.25. The molecule has 2 rings (SSSR count). The molecule has 0 amide bonds. The molecule has 3 N–H and O–H groups in total. The summed E-state index contributed by atoms with van der Waals surface area (Å²) in [6.45, 7) is 0. The van der Waals surface area contributed by atoms with E-state index < -0.39 is 10.9 Å². The number of hydrogen-bond acceptors (Lipinski definition) is 7. The minimum absolute atomic E-state index is 0.0243. The molecule has 0 aliphatic heterocycles. The van der Waals surface area contributed by atoms with Gasteiger partial charge in [-0.3, -0.25) is 10.1 Å². The van der Waals surface area contributed by atoms with Crippen molar-refractivity contribution in [3.8, 4) is 0 Å². The Morgan fingerprint density at radius 2 is 2.15 bits per heavy atom. The van der Waals surface area contributed by atoms with E-state index in [1.165, 1.54) is 30.5 Å². The number of nitrogens with two attached hydrogens (primary N) is 1. The Hall–Kier alpha value is -2.68. The topological polar surface area (TPSA) is 132 Å². The molecule has 0 spiro atoms. The highest BCUT2D eigenvalue weighted by Crippen LogP contribution is 2.30. The standard InChI is InChI=1S/C11H8N4O4S/c12-9-7(15(18)19)3-4-8(14-9)20-10-6(11(16)17)2-1-5-13-10/h1-5H,(H2,12,14)(H,16,17). The summed E-state index contributed by atoms with van der Waals surface area (Å²) < 4.78 is 0. The van der Waals surface area contributed by atoms with Gasteiger partial charge in [0.05, 0.1) is 10.5 Å². The van der Waals surface area contributed by atoms with E-state index in [1.54, 1.807) is 0 Å². The van der Waals surface area contributed by atoms with Gasteiger partial charge in [0.1, 0.15) is 10.1 Å². The summed E-state index contributed by atoms with van der Waals surface area (Å²) in [6.07, 6.45) is 1.45. The molecule has 0 unspecified atom stereocenters. The highest BCUT2D eigenvalue weighted by atomic mass is 32.2. The highest BCUT2D eigenvalue weighted by molar-refractivity contribution is 7.99. The molecule has 0 saturated carbocycles. The summed E-state index contributed by atoms with van der Waals surface area (Å²) in [6, 6.07) is 5.52. The number of nitrogen functional groups attached to an aromatic ring is 1. The second-order valence-electron chi connectivity index (χ2n) is 3.57. The van der Waals surface area contributed by atoms with Crippen molar-refractivity contribution in [1.82, 2.24) is 9.97 Å². The Morgan fingerprint density at radius 3 is 2.75 bits per heavy atom. The third-order valence-electron chi connectivity index (χ3n) is 2.28. The number of nitro groups is 1. The lowest BCUT2D eigenvalue weighted by atomic mass is 10.3. The zero-order valence-electron chi connectivity index (χ0n) is 9.89. The van der Waals surface area contributed by atoms with Crippen LogP contribution in [0.15, 0.2) is 40.5 Å². The molecule has 8 nitrogen and oxygen atoms in total. The molecule has 0 atom stereocenters. The molecular formula is C11H8N4O4S. The van der Waals surface area contributed by atoms with Crippen LogP contribution < -0.4 is 5.73 Å². The minimum Gasteiger partial charge on any atom is -0.478 e. The first-order valence-corrected chi connectivity index (χ1v) is 6.07. The van der Waals surface area contributed by atoms with Crippen molar-refractivity contribution >= 4 is 29.2 Å². The van der Waals surface area contributed by atoms with Gasteiger partial charge in [0.25, 0.3) is 0 Å². The second-order valence-corrected chi connectivity index (χ2v) is 4.58. The van der Waals surface area contributed by atoms with Crippen LogP contribution in [0, 0.1) is 10.1 Å². The molecule has 2 aromatic rings. The summed E-state index contributed by atoms with van der Waals surface area (Å²) in [7, 11) is 0. The number of carbonyl (C=O) groups is 1. The maximum atomic E-state index is 11.0. The van der Waals surface area contributed by atoms with Crippen molar-refractivity contribution in [3.05, 3.63) is 46.1 Å². The maximum Gasteiger partial charge on any atom is 0.338 e. The van der Waals surface area contributed by atoms with E-state index in [1.807, 2.05) is 0 Å². The largest absolute Gasteiger partial charge is 0.478 e. The van der Waals surface area contributed by atoms with Gasteiger partial charge >= 0.3 is 11.7 Å². The van der Waals surface area contributed by atoms with Crippen LogP contribution in [0.5, 0.6) is 0 Å². The Morgan fingerprint density at radius 1 is 1.40 bits per heavy atom. The van der Waals surface area contributed by atoms with E-state index in [-0.39, 0.29) is 22.1 Å². The highest BCUT2D eigenvalue weighted by Gasteiger charge is 2.16. The average molecular weight is 292 g/mol. The van der Waals surface area contributed by atoms with E-state index in [4.69, 9.17) is 10.8 Å². The third kappa shape index (κ3) is 2.83. The predicted molar refractivity (Wildman–Crippen MR) is 70.6 cm³/mol. The molecule has 2 aromatic heterocycles. The van der Waals surface area contributed by atoms with Crippen LogP contribution in [0.1, 0.15) is 10.4 Å². The van der Waals surface area contributed by atoms with Crippen molar-refractivity contribution in [1.29, 1.82) is 0 Å². The van der Waals surface area contributed by atoms with Crippen molar-refractivity contribution in [3.63, 3.8) is 0 Å². The van der Waals surface area contributed by atoms with Crippen LogP contribution in [0.3, 0.4) is 0 Å². The summed E-state index contributed by atoms with van der Waals surface area (Å²) in [4.78, 5) is 28.8. The lowest BCUT2D eigenvalue weighted by Crippen LogP contribution is -2.01. The first kappa shape index (κ1) is 13.7. The van der Waals surface area contributed by atoms with Gasteiger partial charge in [-0.15, -0.1) is 0 Å². The number of aromatic carboxylic acids is 1. The monoisotopic (exact) mass is 292 g/mol. The Bertz CT molecular complexity index is 692. The number of carboxylic acids is 1. The molecule has 0 saturated heterocycles. The molecular weight excluding hydrogens is 284 g/mol. The number of hydrogen-bond donors (Lipinski definition) is 2.